The van der Waals surface area contributed by atoms with Crippen molar-refractivity contribution < 1.29 is 9.53 Å². The third-order valence-corrected chi connectivity index (χ3v) is 2.07. The van der Waals surface area contributed by atoms with Crippen LogP contribution in [-0.4, -0.2) is 13.1 Å². The Labute approximate surface area is 95.0 Å². The molecule has 0 aliphatic rings. The molecule has 0 heterocycles. The molecule has 0 aromatic heterocycles. The van der Waals surface area contributed by atoms with E-state index in [0.29, 0.717) is 18.4 Å². The van der Waals surface area contributed by atoms with E-state index in [1.165, 1.54) is 7.11 Å². The molecule has 16 heavy (non-hydrogen) atoms. The largest absolute Gasteiger partial charge is 0.469 e. The number of nitriles is 1. The SMILES string of the molecule is COC(=O)CC/C=C/c1cccc(C#N)c1. The molecule has 82 valence electrons. The lowest BCUT2D eigenvalue weighted by molar-refractivity contribution is -0.140. The van der Waals surface area contributed by atoms with Crippen molar-refractivity contribution in [3.05, 3.63) is 41.5 Å². The fourth-order valence-electron chi connectivity index (χ4n) is 1.23. The van der Waals surface area contributed by atoms with Gasteiger partial charge in [-0.2, -0.15) is 5.26 Å². The van der Waals surface area contributed by atoms with Crippen molar-refractivity contribution in [2.75, 3.05) is 7.11 Å². The van der Waals surface area contributed by atoms with E-state index in [2.05, 4.69) is 10.8 Å². The van der Waals surface area contributed by atoms with E-state index in [0.717, 1.165) is 5.56 Å². The Hall–Kier alpha value is -2.08. The molecule has 0 aliphatic heterocycles. The van der Waals surface area contributed by atoms with Gasteiger partial charge in [-0.15, -0.1) is 0 Å². The monoisotopic (exact) mass is 215 g/mol. The molecule has 3 heteroatoms. The van der Waals surface area contributed by atoms with Crippen LogP contribution in [0.15, 0.2) is 30.3 Å². The number of benzene rings is 1. The van der Waals surface area contributed by atoms with E-state index in [9.17, 15) is 4.79 Å². The summed E-state index contributed by atoms with van der Waals surface area (Å²) in [5, 5.41) is 8.70. The van der Waals surface area contributed by atoms with Crippen molar-refractivity contribution in [3.8, 4) is 6.07 Å². The Morgan fingerprint density at radius 3 is 3.06 bits per heavy atom. The highest BCUT2D eigenvalue weighted by atomic mass is 16.5. The molecule has 0 atom stereocenters. The Kier molecular flexibility index (Phi) is 4.81. The molecule has 1 aromatic rings. The fourth-order valence-corrected chi connectivity index (χ4v) is 1.23. The molecular formula is C13H13NO2. The molecule has 0 N–H and O–H groups in total. The minimum absolute atomic E-state index is 0.213. The summed E-state index contributed by atoms with van der Waals surface area (Å²) in [6.07, 6.45) is 4.81. The van der Waals surface area contributed by atoms with Gasteiger partial charge in [0.1, 0.15) is 0 Å². The number of hydrogen-bond acceptors (Lipinski definition) is 3. The summed E-state index contributed by atoms with van der Waals surface area (Å²) in [4.78, 5) is 10.8. The van der Waals surface area contributed by atoms with Gasteiger partial charge in [0.15, 0.2) is 0 Å². The van der Waals surface area contributed by atoms with Crippen molar-refractivity contribution in [3.63, 3.8) is 0 Å². The van der Waals surface area contributed by atoms with Crippen LogP contribution in [0.25, 0.3) is 6.08 Å². The minimum atomic E-state index is -0.213. The number of allylic oxidation sites excluding steroid dienone is 1. The number of rotatable bonds is 4. The number of esters is 1. The lowest BCUT2D eigenvalue weighted by atomic mass is 10.1. The summed E-state index contributed by atoms with van der Waals surface area (Å²) in [5.74, 6) is -0.213. The molecule has 0 bridgehead atoms. The highest BCUT2D eigenvalue weighted by Gasteiger charge is 1.96. The van der Waals surface area contributed by atoms with E-state index in [1.54, 1.807) is 12.1 Å². The van der Waals surface area contributed by atoms with E-state index in [1.807, 2.05) is 24.3 Å². The van der Waals surface area contributed by atoms with Gasteiger partial charge in [-0.05, 0) is 24.1 Å². The second kappa shape index (κ2) is 6.41. The molecule has 0 spiro atoms. The molecule has 3 nitrogen and oxygen atoms in total. The van der Waals surface area contributed by atoms with Gasteiger partial charge < -0.3 is 4.74 Å². The van der Waals surface area contributed by atoms with Crippen molar-refractivity contribution >= 4 is 12.0 Å². The molecular weight excluding hydrogens is 202 g/mol. The lowest BCUT2D eigenvalue weighted by Gasteiger charge is -1.95. The van der Waals surface area contributed by atoms with Gasteiger partial charge in [-0.1, -0.05) is 24.3 Å². The Bertz CT molecular complexity index is 430. The van der Waals surface area contributed by atoms with Crippen molar-refractivity contribution in [2.24, 2.45) is 0 Å². The highest BCUT2D eigenvalue weighted by molar-refractivity contribution is 5.69. The molecule has 0 saturated carbocycles. The third-order valence-electron chi connectivity index (χ3n) is 2.07. The zero-order chi connectivity index (χ0) is 11.8. The maximum absolute atomic E-state index is 10.8. The number of carbonyl (C=O) groups excluding carboxylic acids is 1. The highest BCUT2D eigenvalue weighted by Crippen LogP contribution is 2.07. The van der Waals surface area contributed by atoms with E-state index in [4.69, 9.17) is 5.26 Å². The topological polar surface area (TPSA) is 50.1 Å². The molecule has 0 unspecified atom stereocenters. The van der Waals surface area contributed by atoms with E-state index >= 15 is 0 Å². The number of hydrogen-bond donors (Lipinski definition) is 0. The maximum Gasteiger partial charge on any atom is 0.305 e. The first-order valence-corrected chi connectivity index (χ1v) is 5.00. The fraction of sp³-hybridized carbons (Fsp3) is 0.231. The van der Waals surface area contributed by atoms with Crippen LogP contribution >= 0.6 is 0 Å². The standard InChI is InChI=1S/C13H13NO2/c1-16-13(15)8-3-2-5-11-6-4-7-12(9-11)10-14/h2,4-7,9H,3,8H2,1H3/b5-2+. The van der Waals surface area contributed by atoms with Crippen LogP contribution in [0, 0.1) is 11.3 Å². The normalized spacial score (nSPS) is 10.0. The Balaban J connectivity index is 2.50. The summed E-state index contributed by atoms with van der Waals surface area (Å²) in [6, 6.07) is 9.38. The molecule has 0 aliphatic carbocycles. The quantitative estimate of drug-likeness (QED) is 0.725. The average molecular weight is 215 g/mol. The average Bonchev–Trinajstić information content (AvgIpc) is 2.34. The lowest BCUT2D eigenvalue weighted by Crippen LogP contribution is -1.97. The summed E-state index contributed by atoms with van der Waals surface area (Å²) >= 11 is 0. The van der Waals surface area contributed by atoms with Gasteiger partial charge >= 0.3 is 5.97 Å². The smallest absolute Gasteiger partial charge is 0.305 e. The van der Waals surface area contributed by atoms with Crippen LogP contribution in [0.3, 0.4) is 0 Å². The Morgan fingerprint density at radius 2 is 2.38 bits per heavy atom. The zero-order valence-corrected chi connectivity index (χ0v) is 9.14. The van der Waals surface area contributed by atoms with Crippen molar-refractivity contribution in [1.29, 1.82) is 5.26 Å². The van der Waals surface area contributed by atoms with Crippen LogP contribution in [0.4, 0.5) is 0 Å². The summed E-state index contributed by atoms with van der Waals surface area (Å²) < 4.78 is 4.52. The van der Waals surface area contributed by atoms with Crippen molar-refractivity contribution in [2.45, 2.75) is 12.8 Å². The zero-order valence-electron chi connectivity index (χ0n) is 9.14. The van der Waals surface area contributed by atoms with Gasteiger partial charge in [0.2, 0.25) is 0 Å². The van der Waals surface area contributed by atoms with Gasteiger partial charge in [0.25, 0.3) is 0 Å². The van der Waals surface area contributed by atoms with Crippen LogP contribution in [0.5, 0.6) is 0 Å². The summed E-state index contributed by atoms with van der Waals surface area (Å²) in [5.41, 5.74) is 1.60. The van der Waals surface area contributed by atoms with Crippen LogP contribution in [-0.2, 0) is 9.53 Å². The van der Waals surface area contributed by atoms with Crippen LogP contribution in [0.2, 0.25) is 0 Å². The van der Waals surface area contributed by atoms with Crippen LogP contribution < -0.4 is 0 Å². The van der Waals surface area contributed by atoms with Crippen molar-refractivity contribution in [1.82, 2.24) is 0 Å². The first-order chi connectivity index (χ1) is 7.76. The molecule has 0 amide bonds. The summed E-state index contributed by atoms with van der Waals surface area (Å²) in [7, 11) is 1.38. The predicted octanol–water partition coefficient (Wildman–Crippen LogP) is 2.52. The molecule has 0 radical (unpaired) electrons. The van der Waals surface area contributed by atoms with Gasteiger partial charge in [0.05, 0.1) is 18.7 Å². The maximum atomic E-state index is 10.8. The summed E-state index contributed by atoms with van der Waals surface area (Å²) in [6.45, 7) is 0. The number of nitrogens with zero attached hydrogens (tertiary/aromatic N) is 1. The van der Waals surface area contributed by atoms with Gasteiger partial charge in [0, 0.05) is 6.42 Å². The first kappa shape index (κ1) is 12.0. The number of methoxy groups -OCH3 is 1. The Morgan fingerprint density at radius 1 is 1.56 bits per heavy atom. The second-order valence-corrected chi connectivity index (χ2v) is 3.25. The molecule has 0 fully saturated rings. The van der Waals surface area contributed by atoms with Crippen LogP contribution in [0.1, 0.15) is 24.0 Å². The van der Waals surface area contributed by atoms with Gasteiger partial charge in [-0.3, -0.25) is 4.79 Å². The van der Waals surface area contributed by atoms with E-state index < -0.39 is 0 Å². The number of ether oxygens (including phenoxy) is 1. The van der Waals surface area contributed by atoms with Gasteiger partial charge in [-0.25, -0.2) is 0 Å². The first-order valence-electron chi connectivity index (χ1n) is 5.00. The molecule has 1 aromatic carbocycles. The second-order valence-electron chi connectivity index (χ2n) is 3.25. The number of carbonyl (C=O) groups is 1. The minimum Gasteiger partial charge on any atom is -0.469 e. The molecule has 0 saturated heterocycles. The predicted molar refractivity (Wildman–Crippen MR) is 61.4 cm³/mol. The van der Waals surface area contributed by atoms with E-state index in [-0.39, 0.29) is 5.97 Å². The third kappa shape index (κ3) is 3.97. The molecule has 1 rings (SSSR count).